The van der Waals surface area contributed by atoms with Gasteiger partial charge in [-0.05, 0) is 24.3 Å². The first-order chi connectivity index (χ1) is 9.59. The van der Waals surface area contributed by atoms with Crippen LogP contribution in [0.15, 0.2) is 70.0 Å². The van der Waals surface area contributed by atoms with Gasteiger partial charge in [0.2, 0.25) is 0 Å². The summed E-state index contributed by atoms with van der Waals surface area (Å²) in [5.74, 6) is 0. The average Bonchev–Trinajstić information content (AvgIpc) is 2.49. The summed E-state index contributed by atoms with van der Waals surface area (Å²) in [5.41, 5.74) is 3.69. The number of hydrazine groups is 1. The number of para-hydroxylation sites is 1. The summed E-state index contributed by atoms with van der Waals surface area (Å²) in [5, 5.41) is 1.67. The van der Waals surface area contributed by atoms with Gasteiger partial charge < -0.3 is 0 Å². The molecule has 0 bridgehead atoms. The van der Waals surface area contributed by atoms with Crippen LogP contribution in [0.1, 0.15) is 0 Å². The lowest BCUT2D eigenvalue weighted by Crippen LogP contribution is -2.33. The van der Waals surface area contributed by atoms with Crippen LogP contribution < -0.4 is 10.4 Å². The zero-order valence-corrected chi connectivity index (χ0v) is 11.8. The van der Waals surface area contributed by atoms with E-state index >= 15 is 0 Å². The first-order valence-corrected chi connectivity index (χ1v) is 7.42. The second-order valence-corrected chi connectivity index (χ2v) is 5.68. The quantitative estimate of drug-likeness (QED) is 0.520. The van der Waals surface area contributed by atoms with Crippen molar-refractivity contribution >= 4 is 22.0 Å². The lowest BCUT2D eigenvalue weighted by Gasteiger charge is -2.17. The van der Waals surface area contributed by atoms with Gasteiger partial charge >= 0.3 is 0 Å². The Morgan fingerprint density at radius 2 is 1.55 bits per heavy atom. The number of anilines is 1. The van der Waals surface area contributed by atoms with Gasteiger partial charge in [-0.2, -0.15) is 8.42 Å². The van der Waals surface area contributed by atoms with Crippen LogP contribution in [-0.4, -0.2) is 21.8 Å². The first-order valence-electron chi connectivity index (χ1n) is 5.98. The van der Waals surface area contributed by atoms with E-state index in [1.54, 1.807) is 30.3 Å². The molecular weight excluding hydrogens is 274 g/mol. The molecule has 0 aliphatic rings. The third-order valence-corrected chi connectivity index (χ3v) is 3.88. The standard InChI is InChI=1S/C14H15N3O2S/c1-17(13-8-4-2-5-9-13)15-12-16-20(18,19)14-10-6-3-7-11-14/h2-12H,1H3,(H,15,16). The second kappa shape index (κ2) is 6.21. The van der Waals surface area contributed by atoms with Crippen molar-refractivity contribution in [2.75, 3.05) is 12.1 Å². The molecule has 5 nitrogen and oxygen atoms in total. The maximum absolute atomic E-state index is 11.9. The number of sulfonamides is 1. The highest BCUT2D eigenvalue weighted by atomic mass is 32.2. The van der Waals surface area contributed by atoms with Crippen LogP contribution in [0.3, 0.4) is 0 Å². The predicted molar refractivity (Wildman–Crippen MR) is 80.1 cm³/mol. The Morgan fingerprint density at radius 1 is 1.00 bits per heavy atom. The Hall–Kier alpha value is -2.34. The van der Waals surface area contributed by atoms with Crippen LogP contribution in [-0.2, 0) is 10.0 Å². The maximum atomic E-state index is 11.9. The van der Waals surface area contributed by atoms with E-state index in [2.05, 4.69) is 9.82 Å². The molecule has 0 spiro atoms. The van der Waals surface area contributed by atoms with Gasteiger partial charge in [0.05, 0.1) is 10.6 Å². The Bertz CT molecular complexity index is 670. The minimum absolute atomic E-state index is 0.167. The molecule has 6 heteroatoms. The van der Waals surface area contributed by atoms with E-state index in [0.717, 1.165) is 12.0 Å². The minimum atomic E-state index is -3.66. The van der Waals surface area contributed by atoms with Gasteiger partial charge in [0, 0.05) is 7.05 Å². The molecule has 0 saturated carbocycles. The van der Waals surface area contributed by atoms with Gasteiger partial charge in [0.25, 0.3) is 10.0 Å². The summed E-state index contributed by atoms with van der Waals surface area (Å²) in [6.07, 6.45) is 1.16. The van der Waals surface area contributed by atoms with E-state index in [1.807, 2.05) is 30.3 Å². The Kier molecular flexibility index (Phi) is 4.37. The highest BCUT2D eigenvalue weighted by Crippen LogP contribution is 2.10. The normalized spacial score (nSPS) is 11.4. The van der Waals surface area contributed by atoms with E-state index in [0.29, 0.717) is 0 Å². The van der Waals surface area contributed by atoms with Crippen molar-refractivity contribution < 1.29 is 8.42 Å². The molecule has 0 radical (unpaired) electrons. The summed E-state index contributed by atoms with van der Waals surface area (Å²) in [6, 6.07) is 17.6. The summed E-state index contributed by atoms with van der Waals surface area (Å²) < 4.78 is 27.4. The van der Waals surface area contributed by atoms with Crippen LogP contribution in [0.25, 0.3) is 0 Å². The number of rotatable bonds is 5. The van der Waals surface area contributed by atoms with Crippen molar-refractivity contribution in [3.05, 3.63) is 60.7 Å². The summed E-state index contributed by atoms with van der Waals surface area (Å²) in [7, 11) is -1.88. The van der Waals surface area contributed by atoms with E-state index in [1.165, 1.54) is 12.1 Å². The van der Waals surface area contributed by atoms with Crippen LogP contribution in [0.2, 0.25) is 0 Å². The third kappa shape index (κ3) is 3.58. The third-order valence-electron chi connectivity index (χ3n) is 2.63. The van der Waals surface area contributed by atoms with E-state index < -0.39 is 10.0 Å². The number of hydrogen-bond donors (Lipinski definition) is 1. The number of nitrogens with one attached hydrogen (secondary N) is 1. The molecule has 2 rings (SSSR count). The van der Waals surface area contributed by atoms with Crippen molar-refractivity contribution in [1.29, 1.82) is 0 Å². The summed E-state index contributed by atoms with van der Waals surface area (Å²) in [4.78, 5) is 0.167. The number of benzene rings is 2. The predicted octanol–water partition coefficient (Wildman–Crippen LogP) is 2.04. The fourth-order valence-electron chi connectivity index (χ4n) is 1.56. The molecule has 104 valence electrons. The zero-order valence-electron chi connectivity index (χ0n) is 11.0. The molecule has 0 aromatic heterocycles. The van der Waals surface area contributed by atoms with Crippen LogP contribution in [0.5, 0.6) is 0 Å². The number of nitrogens with zero attached hydrogens (tertiary/aromatic N) is 2. The van der Waals surface area contributed by atoms with Gasteiger partial charge in [-0.15, -0.1) is 4.40 Å². The van der Waals surface area contributed by atoms with Crippen LogP contribution in [0.4, 0.5) is 5.69 Å². The topological polar surface area (TPSA) is 61.8 Å². The average molecular weight is 289 g/mol. The van der Waals surface area contributed by atoms with Crippen molar-refractivity contribution in [2.24, 2.45) is 4.40 Å². The highest BCUT2D eigenvalue weighted by Gasteiger charge is 2.10. The molecule has 0 fully saturated rings. The fourth-order valence-corrected chi connectivity index (χ4v) is 2.37. The zero-order chi connectivity index (χ0) is 14.4. The van der Waals surface area contributed by atoms with E-state index in [-0.39, 0.29) is 4.90 Å². The molecule has 2 aromatic carbocycles. The SMILES string of the molecule is CN(NC=NS(=O)(=O)c1ccccc1)c1ccccc1. The molecule has 0 atom stereocenters. The molecule has 20 heavy (non-hydrogen) atoms. The summed E-state index contributed by atoms with van der Waals surface area (Å²) in [6.45, 7) is 0. The Morgan fingerprint density at radius 3 is 2.15 bits per heavy atom. The lowest BCUT2D eigenvalue weighted by atomic mass is 10.3. The summed E-state index contributed by atoms with van der Waals surface area (Å²) >= 11 is 0. The molecular formula is C14H15N3O2S. The maximum Gasteiger partial charge on any atom is 0.283 e. The first kappa shape index (κ1) is 14.1. The van der Waals surface area contributed by atoms with Gasteiger partial charge in [-0.3, -0.25) is 10.4 Å². The number of hydrogen-bond acceptors (Lipinski definition) is 3. The van der Waals surface area contributed by atoms with Crippen LogP contribution >= 0.6 is 0 Å². The van der Waals surface area contributed by atoms with Gasteiger partial charge in [-0.25, -0.2) is 0 Å². The molecule has 0 aliphatic carbocycles. The van der Waals surface area contributed by atoms with Gasteiger partial charge in [-0.1, -0.05) is 36.4 Å². The van der Waals surface area contributed by atoms with Crippen molar-refractivity contribution in [2.45, 2.75) is 4.90 Å². The molecule has 0 heterocycles. The van der Waals surface area contributed by atoms with Crippen molar-refractivity contribution in [1.82, 2.24) is 5.43 Å². The van der Waals surface area contributed by atoms with Gasteiger partial charge in [0.15, 0.2) is 0 Å². The second-order valence-electron chi connectivity index (χ2n) is 4.05. The smallest absolute Gasteiger partial charge is 0.283 e. The highest BCUT2D eigenvalue weighted by molar-refractivity contribution is 7.90. The Balaban J connectivity index is 2.04. The molecule has 0 aliphatic heterocycles. The fraction of sp³-hybridized carbons (Fsp3) is 0.0714. The van der Waals surface area contributed by atoms with Gasteiger partial charge in [0.1, 0.15) is 6.34 Å². The van der Waals surface area contributed by atoms with E-state index in [9.17, 15) is 8.42 Å². The molecule has 0 unspecified atom stereocenters. The molecule has 2 aromatic rings. The van der Waals surface area contributed by atoms with Crippen molar-refractivity contribution in [3.8, 4) is 0 Å². The largest absolute Gasteiger partial charge is 0.290 e. The molecule has 0 amide bonds. The molecule has 1 N–H and O–H groups in total. The molecule has 0 saturated heterocycles. The lowest BCUT2D eigenvalue weighted by molar-refractivity contribution is 0.598. The van der Waals surface area contributed by atoms with E-state index in [4.69, 9.17) is 0 Å². The minimum Gasteiger partial charge on any atom is -0.290 e. The van der Waals surface area contributed by atoms with Crippen LogP contribution in [0, 0.1) is 0 Å². The Labute approximate surface area is 118 Å². The van der Waals surface area contributed by atoms with Crippen molar-refractivity contribution in [3.63, 3.8) is 0 Å². The monoisotopic (exact) mass is 289 g/mol.